The molecular formula is C15H18FN3. The van der Waals surface area contributed by atoms with E-state index in [1.54, 1.807) is 6.07 Å². The van der Waals surface area contributed by atoms with Gasteiger partial charge in [-0.2, -0.15) is 0 Å². The fourth-order valence-electron chi connectivity index (χ4n) is 2.08. The summed E-state index contributed by atoms with van der Waals surface area (Å²) in [5.74, 6) is 0.490. The predicted octanol–water partition coefficient (Wildman–Crippen LogP) is 3.72. The van der Waals surface area contributed by atoms with Gasteiger partial charge in [-0.1, -0.05) is 13.0 Å². The van der Waals surface area contributed by atoms with Gasteiger partial charge in [0.15, 0.2) is 0 Å². The lowest BCUT2D eigenvalue weighted by molar-refractivity contribution is 0.628. The van der Waals surface area contributed by atoms with E-state index >= 15 is 0 Å². The Morgan fingerprint density at radius 1 is 1.16 bits per heavy atom. The summed E-state index contributed by atoms with van der Waals surface area (Å²) in [6.07, 6.45) is 2.48. The summed E-state index contributed by atoms with van der Waals surface area (Å²) in [5.41, 5.74) is 2.96. The Labute approximate surface area is 112 Å². The summed E-state index contributed by atoms with van der Waals surface area (Å²) < 4.78 is 14.1. The van der Waals surface area contributed by atoms with Crippen LogP contribution < -0.4 is 5.32 Å². The van der Waals surface area contributed by atoms with E-state index in [4.69, 9.17) is 0 Å². The van der Waals surface area contributed by atoms with E-state index in [0.717, 1.165) is 29.9 Å². The molecule has 2 rings (SSSR count). The molecule has 0 radical (unpaired) electrons. The molecule has 1 aromatic carbocycles. The standard InChI is InChI=1S/C15H18FN3/c1-4-5-17-14-8-13(18-9-19-14)15-11(3)6-10(2)7-12(15)16/h6-9H,4-5H2,1-3H3,(H,17,18,19). The monoisotopic (exact) mass is 259 g/mol. The van der Waals surface area contributed by atoms with Gasteiger partial charge in [0, 0.05) is 18.2 Å². The zero-order valence-corrected chi connectivity index (χ0v) is 11.5. The van der Waals surface area contributed by atoms with Gasteiger partial charge < -0.3 is 5.32 Å². The van der Waals surface area contributed by atoms with E-state index < -0.39 is 0 Å². The van der Waals surface area contributed by atoms with Crippen LogP contribution in [0.2, 0.25) is 0 Å². The average Bonchev–Trinajstić information content (AvgIpc) is 2.35. The first-order chi connectivity index (χ1) is 9.11. The molecule has 0 saturated carbocycles. The molecule has 0 aliphatic heterocycles. The van der Waals surface area contributed by atoms with Gasteiger partial charge >= 0.3 is 0 Å². The van der Waals surface area contributed by atoms with Crippen LogP contribution in [0.25, 0.3) is 11.3 Å². The van der Waals surface area contributed by atoms with Crippen molar-refractivity contribution in [2.45, 2.75) is 27.2 Å². The number of aromatic nitrogens is 2. The molecular weight excluding hydrogens is 241 g/mol. The van der Waals surface area contributed by atoms with Crippen molar-refractivity contribution in [3.63, 3.8) is 0 Å². The molecule has 1 heterocycles. The highest BCUT2D eigenvalue weighted by atomic mass is 19.1. The third kappa shape index (κ3) is 3.08. The Morgan fingerprint density at radius 2 is 1.95 bits per heavy atom. The van der Waals surface area contributed by atoms with Gasteiger partial charge in [-0.15, -0.1) is 0 Å². The molecule has 0 amide bonds. The Kier molecular flexibility index (Phi) is 4.10. The molecule has 4 heteroatoms. The second kappa shape index (κ2) is 5.78. The maximum absolute atomic E-state index is 14.1. The maximum Gasteiger partial charge on any atom is 0.133 e. The van der Waals surface area contributed by atoms with Crippen molar-refractivity contribution in [2.75, 3.05) is 11.9 Å². The van der Waals surface area contributed by atoms with Gasteiger partial charge in [-0.05, 0) is 37.5 Å². The number of anilines is 1. The zero-order valence-electron chi connectivity index (χ0n) is 11.5. The molecule has 0 unspecified atom stereocenters. The Hall–Kier alpha value is -1.97. The van der Waals surface area contributed by atoms with Crippen molar-refractivity contribution in [1.82, 2.24) is 9.97 Å². The molecule has 19 heavy (non-hydrogen) atoms. The minimum absolute atomic E-state index is 0.238. The first kappa shape index (κ1) is 13.5. The van der Waals surface area contributed by atoms with E-state index in [0.29, 0.717) is 11.3 Å². The van der Waals surface area contributed by atoms with Gasteiger partial charge in [0.2, 0.25) is 0 Å². The number of nitrogens with one attached hydrogen (secondary N) is 1. The molecule has 0 fully saturated rings. The average molecular weight is 259 g/mol. The van der Waals surface area contributed by atoms with Crippen LogP contribution in [0.5, 0.6) is 0 Å². The van der Waals surface area contributed by atoms with Crippen LogP contribution in [0.1, 0.15) is 24.5 Å². The van der Waals surface area contributed by atoms with Crippen LogP contribution in [0.4, 0.5) is 10.2 Å². The molecule has 0 atom stereocenters. The third-order valence-electron chi connectivity index (χ3n) is 2.91. The number of benzene rings is 1. The lowest BCUT2D eigenvalue weighted by Crippen LogP contribution is -2.03. The van der Waals surface area contributed by atoms with Gasteiger partial charge in [0.25, 0.3) is 0 Å². The van der Waals surface area contributed by atoms with Gasteiger partial charge in [0.1, 0.15) is 18.0 Å². The molecule has 1 aromatic heterocycles. The summed E-state index contributed by atoms with van der Waals surface area (Å²) in [4.78, 5) is 8.31. The first-order valence-electron chi connectivity index (χ1n) is 6.45. The van der Waals surface area contributed by atoms with Gasteiger partial charge in [0.05, 0.1) is 5.69 Å². The van der Waals surface area contributed by atoms with Gasteiger partial charge in [-0.25, -0.2) is 14.4 Å². The summed E-state index contributed by atoms with van der Waals surface area (Å²) in [6.45, 7) is 6.70. The fourth-order valence-corrected chi connectivity index (χ4v) is 2.08. The number of hydrogen-bond donors (Lipinski definition) is 1. The maximum atomic E-state index is 14.1. The molecule has 0 aliphatic carbocycles. The minimum Gasteiger partial charge on any atom is -0.370 e. The summed E-state index contributed by atoms with van der Waals surface area (Å²) in [5, 5.41) is 3.18. The number of rotatable bonds is 4. The molecule has 3 nitrogen and oxygen atoms in total. The van der Waals surface area contributed by atoms with E-state index in [1.807, 2.05) is 19.9 Å². The smallest absolute Gasteiger partial charge is 0.133 e. The van der Waals surface area contributed by atoms with E-state index in [1.165, 1.54) is 12.4 Å². The topological polar surface area (TPSA) is 37.8 Å². The Bertz CT molecular complexity index is 558. The molecule has 2 aromatic rings. The number of nitrogens with zero attached hydrogens (tertiary/aromatic N) is 2. The number of hydrogen-bond acceptors (Lipinski definition) is 3. The van der Waals surface area contributed by atoms with Crippen molar-refractivity contribution >= 4 is 5.82 Å². The predicted molar refractivity (Wildman–Crippen MR) is 75.7 cm³/mol. The van der Waals surface area contributed by atoms with Crippen molar-refractivity contribution < 1.29 is 4.39 Å². The number of aryl methyl sites for hydroxylation is 2. The Balaban J connectivity index is 2.42. The highest BCUT2D eigenvalue weighted by molar-refractivity contribution is 5.67. The van der Waals surface area contributed by atoms with Crippen molar-refractivity contribution in [2.24, 2.45) is 0 Å². The molecule has 1 N–H and O–H groups in total. The lowest BCUT2D eigenvalue weighted by atomic mass is 10.0. The first-order valence-corrected chi connectivity index (χ1v) is 6.45. The summed E-state index contributed by atoms with van der Waals surface area (Å²) in [6, 6.07) is 5.28. The molecule has 0 spiro atoms. The molecule has 0 aliphatic rings. The largest absolute Gasteiger partial charge is 0.370 e. The van der Waals surface area contributed by atoms with Gasteiger partial charge in [-0.3, -0.25) is 0 Å². The van der Waals surface area contributed by atoms with Crippen LogP contribution in [-0.2, 0) is 0 Å². The van der Waals surface area contributed by atoms with E-state index in [9.17, 15) is 4.39 Å². The van der Waals surface area contributed by atoms with Crippen molar-refractivity contribution in [1.29, 1.82) is 0 Å². The van der Waals surface area contributed by atoms with E-state index in [2.05, 4.69) is 22.2 Å². The second-order valence-electron chi connectivity index (χ2n) is 4.65. The van der Waals surface area contributed by atoms with Crippen LogP contribution in [0, 0.1) is 19.7 Å². The van der Waals surface area contributed by atoms with Crippen LogP contribution in [-0.4, -0.2) is 16.5 Å². The lowest BCUT2D eigenvalue weighted by Gasteiger charge is -2.10. The van der Waals surface area contributed by atoms with Crippen LogP contribution in [0.15, 0.2) is 24.5 Å². The Morgan fingerprint density at radius 3 is 2.63 bits per heavy atom. The normalized spacial score (nSPS) is 10.5. The number of halogens is 1. The van der Waals surface area contributed by atoms with Crippen LogP contribution >= 0.6 is 0 Å². The fraction of sp³-hybridized carbons (Fsp3) is 0.333. The molecule has 100 valence electrons. The SMILES string of the molecule is CCCNc1cc(-c2c(C)cc(C)cc2F)ncn1. The summed E-state index contributed by atoms with van der Waals surface area (Å²) >= 11 is 0. The zero-order chi connectivity index (χ0) is 13.8. The van der Waals surface area contributed by atoms with Crippen molar-refractivity contribution in [3.05, 3.63) is 41.5 Å². The summed E-state index contributed by atoms with van der Waals surface area (Å²) in [7, 11) is 0. The van der Waals surface area contributed by atoms with E-state index in [-0.39, 0.29) is 5.82 Å². The molecule has 0 saturated heterocycles. The molecule has 0 bridgehead atoms. The van der Waals surface area contributed by atoms with Crippen molar-refractivity contribution in [3.8, 4) is 11.3 Å². The third-order valence-corrected chi connectivity index (χ3v) is 2.91. The quantitative estimate of drug-likeness (QED) is 0.909. The highest BCUT2D eigenvalue weighted by Crippen LogP contribution is 2.27. The second-order valence-corrected chi connectivity index (χ2v) is 4.65. The van der Waals surface area contributed by atoms with Crippen LogP contribution in [0.3, 0.4) is 0 Å². The minimum atomic E-state index is -0.238. The highest BCUT2D eigenvalue weighted by Gasteiger charge is 2.11.